The minimum Gasteiger partial charge on any atom is -0.352 e. The van der Waals surface area contributed by atoms with E-state index >= 15 is 0 Å². The number of hydrogen-bond acceptors (Lipinski definition) is 3. The Kier molecular flexibility index (Phi) is 10.8. The lowest BCUT2D eigenvalue weighted by atomic mass is 10.1. The molecule has 32 heavy (non-hydrogen) atoms. The Morgan fingerprint density at radius 2 is 1.69 bits per heavy atom. The van der Waals surface area contributed by atoms with E-state index in [-0.39, 0.29) is 36.0 Å². The fourth-order valence-corrected chi connectivity index (χ4v) is 4.29. The summed E-state index contributed by atoms with van der Waals surface area (Å²) in [5.74, 6) is 0.125. The van der Waals surface area contributed by atoms with Crippen molar-refractivity contribution >= 4 is 46.8 Å². The number of amides is 2. The molecular weight excluding hydrogens is 470 g/mol. The number of halogens is 3. The first-order valence-electron chi connectivity index (χ1n) is 10.6. The van der Waals surface area contributed by atoms with Gasteiger partial charge in [-0.2, -0.15) is 0 Å². The van der Waals surface area contributed by atoms with Gasteiger partial charge in [-0.3, -0.25) is 9.59 Å². The van der Waals surface area contributed by atoms with Crippen molar-refractivity contribution in [2.24, 2.45) is 0 Å². The Bertz CT molecular complexity index is 911. The van der Waals surface area contributed by atoms with E-state index in [9.17, 15) is 14.0 Å². The average Bonchev–Trinajstić information content (AvgIpc) is 2.77. The molecule has 8 heteroatoms. The SMILES string of the molecule is CC[C@H](C(=O)N[C@@H](C)CC)N(Cc1ccc(F)cc1)C(=O)CSCc1ccc(Cl)c(Cl)c1. The predicted molar refractivity (Wildman–Crippen MR) is 132 cm³/mol. The molecule has 0 aliphatic carbocycles. The summed E-state index contributed by atoms with van der Waals surface area (Å²) >= 11 is 13.5. The highest BCUT2D eigenvalue weighted by Gasteiger charge is 2.29. The van der Waals surface area contributed by atoms with Crippen LogP contribution in [0.4, 0.5) is 4.39 Å². The molecule has 0 bridgehead atoms. The zero-order valence-corrected chi connectivity index (χ0v) is 20.9. The lowest BCUT2D eigenvalue weighted by Gasteiger charge is -2.31. The largest absolute Gasteiger partial charge is 0.352 e. The first-order chi connectivity index (χ1) is 15.2. The Labute approximate surface area is 203 Å². The monoisotopic (exact) mass is 498 g/mol. The summed E-state index contributed by atoms with van der Waals surface area (Å²) in [6, 6.07) is 10.8. The van der Waals surface area contributed by atoms with Crippen molar-refractivity contribution in [2.75, 3.05) is 5.75 Å². The maximum atomic E-state index is 13.3. The van der Waals surface area contributed by atoms with Crippen LogP contribution in [-0.4, -0.2) is 34.6 Å². The molecule has 2 rings (SSSR count). The molecule has 174 valence electrons. The highest BCUT2D eigenvalue weighted by molar-refractivity contribution is 7.99. The van der Waals surface area contributed by atoms with Crippen LogP contribution in [0.15, 0.2) is 42.5 Å². The van der Waals surface area contributed by atoms with Gasteiger partial charge >= 0.3 is 0 Å². The van der Waals surface area contributed by atoms with Crippen LogP contribution in [0.3, 0.4) is 0 Å². The Balaban J connectivity index is 2.13. The molecule has 2 aromatic carbocycles. The number of carbonyl (C=O) groups excluding carboxylic acids is 2. The number of nitrogens with one attached hydrogen (secondary N) is 1. The summed E-state index contributed by atoms with van der Waals surface area (Å²) in [5.41, 5.74) is 1.73. The lowest BCUT2D eigenvalue weighted by molar-refractivity contribution is -0.139. The molecule has 4 nitrogen and oxygen atoms in total. The third-order valence-corrected chi connectivity index (χ3v) is 6.86. The minimum atomic E-state index is -0.605. The van der Waals surface area contributed by atoms with E-state index in [0.717, 1.165) is 17.5 Å². The Morgan fingerprint density at radius 1 is 1.03 bits per heavy atom. The molecule has 0 radical (unpaired) electrons. The molecular formula is C24H29Cl2FN2O2S. The van der Waals surface area contributed by atoms with Crippen molar-refractivity contribution in [2.45, 2.75) is 58.0 Å². The highest BCUT2D eigenvalue weighted by Crippen LogP contribution is 2.25. The minimum absolute atomic E-state index is 0.0170. The van der Waals surface area contributed by atoms with Gasteiger partial charge in [0.25, 0.3) is 0 Å². The molecule has 2 atom stereocenters. The zero-order chi connectivity index (χ0) is 23.7. The van der Waals surface area contributed by atoms with Crippen LogP contribution in [0.2, 0.25) is 10.0 Å². The lowest BCUT2D eigenvalue weighted by Crippen LogP contribution is -2.51. The third kappa shape index (κ3) is 7.98. The summed E-state index contributed by atoms with van der Waals surface area (Å²) in [6.45, 7) is 6.05. The van der Waals surface area contributed by atoms with Crippen molar-refractivity contribution < 1.29 is 14.0 Å². The van der Waals surface area contributed by atoms with Crippen molar-refractivity contribution in [3.63, 3.8) is 0 Å². The first-order valence-corrected chi connectivity index (χ1v) is 12.5. The summed E-state index contributed by atoms with van der Waals surface area (Å²) < 4.78 is 13.3. The molecule has 0 heterocycles. The number of thioether (sulfide) groups is 1. The standard InChI is InChI=1S/C24H29Cl2FN2O2S/c1-4-16(3)28-24(31)22(5-2)29(13-17-6-9-19(27)10-7-17)23(30)15-32-14-18-8-11-20(25)21(26)12-18/h6-12,16,22H,4-5,13-15H2,1-3H3,(H,28,31)/t16-,22+/m0/s1. The van der Waals surface area contributed by atoms with E-state index in [4.69, 9.17) is 23.2 Å². The molecule has 0 saturated carbocycles. The second-order valence-corrected chi connectivity index (χ2v) is 9.43. The number of nitrogens with zero attached hydrogens (tertiary/aromatic N) is 1. The van der Waals surface area contributed by atoms with E-state index in [0.29, 0.717) is 22.2 Å². The summed E-state index contributed by atoms with van der Waals surface area (Å²) in [6.07, 6.45) is 1.28. The molecule has 0 fully saturated rings. The Hall–Kier alpha value is -1.76. The topological polar surface area (TPSA) is 49.4 Å². The normalized spacial score (nSPS) is 12.8. The van der Waals surface area contributed by atoms with Gasteiger partial charge in [0.2, 0.25) is 11.8 Å². The van der Waals surface area contributed by atoms with Gasteiger partial charge < -0.3 is 10.2 Å². The smallest absolute Gasteiger partial charge is 0.243 e. The Morgan fingerprint density at radius 3 is 2.28 bits per heavy atom. The quantitative estimate of drug-likeness (QED) is 0.407. The van der Waals surface area contributed by atoms with Gasteiger partial charge in [0, 0.05) is 18.3 Å². The van der Waals surface area contributed by atoms with Crippen LogP contribution >= 0.6 is 35.0 Å². The van der Waals surface area contributed by atoms with Crippen LogP contribution in [-0.2, 0) is 21.9 Å². The summed E-state index contributed by atoms with van der Waals surface area (Å²) in [7, 11) is 0. The van der Waals surface area contributed by atoms with E-state index in [1.165, 1.54) is 23.9 Å². The average molecular weight is 499 g/mol. The highest BCUT2D eigenvalue weighted by atomic mass is 35.5. The van der Waals surface area contributed by atoms with Gasteiger partial charge in [-0.15, -0.1) is 11.8 Å². The molecule has 0 unspecified atom stereocenters. The molecule has 1 N–H and O–H groups in total. The van der Waals surface area contributed by atoms with Crippen LogP contribution in [0, 0.1) is 5.82 Å². The van der Waals surface area contributed by atoms with Crippen molar-refractivity contribution in [3.8, 4) is 0 Å². The van der Waals surface area contributed by atoms with Gasteiger partial charge in [-0.1, -0.05) is 55.2 Å². The molecule has 0 aliphatic heterocycles. The van der Waals surface area contributed by atoms with Crippen LogP contribution in [0.5, 0.6) is 0 Å². The molecule has 0 aromatic heterocycles. The van der Waals surface area contributed by atoms with E-state index < -0.39 is 6.04 Å². The van der Waals surface area contributed by atoms with E-state index in [1.807, 2.05) is 26.8 Å². The van der Waals surface area contributed by atoms with E-state index in [2.05, 4.69) is 5.32 Å². The molecule has 0 spiro atoms. The number of rotatable bonds is 11. The van der Waals surface area contributed by atoms with Gasteiger partial charge in [0.1, 0.15) is 11.9 Å². The van der Waals surface area contributed by atoms with Gasteiger partial charge in [0.15, 0.2) is 0 Å². The molecule has 0 saturated heterocycles. The summed E-state index contributed by atoms with van der Waals surface area (Å²) in [5, 5.41) is 3.94. The molecule has 2 aromatic rings. The third-order valence-electron chi connectivity index (χ3n) is 5.13. The van der Waals surface area contributed by atoms with E-state index in [1.54, 1.807) is 29.2 Å². The van der Waals surface area contributed by atoms with Crippen molar-refractivity contribution in [3.05, 3.63) is 69.5 Å². The fraction of sp³-hybridized carbons (Fsp3) is 0.417. The molecule has 2 amide bonds. The van der Waals surface area contributed by atoms with Crippen molar-refractivity contribution in [1.82, 2.24) is 10.2 Å². The number of benzene rings is 2. The van der Waals surface area contributed by atoms with Gasteiger partial charge in [0.05, 0.1) is 15.8 Å². The first kappa shape index (κ1) is 26.5. The molecule has 0 aliphatic rings. The number of hydrogen-bond donors (Lipinski definition) is 1. The van der Waals surface area contributed by atoms with Crippen LogP contribution in [0.25, 0.3) is 0 Å². The van der Waals surface area contributed by atoms with Crippen LogP contribution < -0.4 is 5.32 Å². The van der Waals surface area contributed by atoms with Gasteiger partial charge in [-0.05, 0) is 55.2 Å². The predicted octanol–water partition coefficient (Wildman–Crippen LogP) is 6.09. The maximum absolute atomic E-state index is 13.3. The second kappa shape index (κ2) is 13.1. The van der Waals surface area contributed by atoms with Crippen LogP contribution in [0.1, 0.15) is 44.7 Å². The second-order valence-electron chi connectivity index (χ2n) is 7.63. The maximum Gasteiger partial charge on any atom is 0.243 e. The van der Waals surface area contributed by atoms with Gasteiger partial charge in [-0.25, -0.2) is 4.39 Å². The zero-order valence-electron chi connectivity index (χ0n) is 18.5. The van der Waals surface area contributed by atoms with Crippen molar-refractivity contribution in [1.29, 1.82) is 0 Å². The fourth-order valence-electron chi connectivity index (χ4n) is 3.12. The number of carbonyl (C=O) groups is 2. The summed E-state index contributed by atoms with van der Waals surface area (Å²) in [4.78, 5) is 27.7.